The average molecular weight is 337 g/mol. The molecule has 6 nitrogen and oxygen atoms in total. The molecule has 0 aromatic heterocycles. The third-order valence-electron chi connectivity index (χ3n) is 3.22. The predicted molar refractivity (Wildman–Crippen MR) is 99.5 cm³/mol. The first kappa shape index (κ1) is 20.1. The van der Waals surface area contributed by atoms with Crippen molar-refractivity contribution in [3.63, 3.8) is 0 Å². The molecule has 0 aliphatic rings. The van der Waals surface area contributed by atoms with E-state index < -0.39 is 0 Å². The fourth-order valence-electron chi connectivity index (χ4n) is 2.04. The van der Waals surface area contributed by atoms with E-state index in [1.54, 1.807) is 7.11 Å². The predicted octanol–water partition coefficient (Wildman–Crippen LogP) is 3.29. The SMILES string of the molecule is CCCCOCCN=C(NCC)Nc1ccc(OC)c(OCC)c1. The van der Waals surface area contributed by atoms with E-state index in [-0.39, 0.29) is 0 Å². The molecule has 0 atom stereocenters. The van der Waals surface area contributed by atoms with E-state index in [9.17, 15) is 0 Å². The van der Waals surface area contributed by atoms with Crippen LogP contribution in [0.3, 0.4) is 0 Å². The van der Waals surface area contributed by atoms with Crippen LogP contribution in [0.15, 0.2) is 23.2 Å². The van der Waals surface area contributed by atoms with Crippen LogP contribution in [-0.2, 0) is 4.74 Å². The normalized spacial score (nSPS) is 11.2. The first-order valence-electron chi connectivity index (χ1n) is 8.69. The van der Waals surface area contributed by atoms with Gasteiger partial charge in [0.15, 0.2) is 17.5 Å². The lowest BCUT2D eigenvalue weighted by atomic mass is 10.2. The third kappa shape index (κ3) is 7.55. The van der Waals surface area contributed by atoms with Crippen LogP contribution in [0.1, 0.15) is 33.6 Å². The molecule has 0 spiro atoms. The number of unbranched alkanes of at least 4 members (excludes halogenated alkanes) is 1. The van der Waals surface area contributed by atoms with Crippen LogP contribution >= 0.6 is 0 Å². The molecule has 0 saturated carbocycles. The van der Waals surface area contributed by atoms with Gasteiger partial charge in [-0.1, -0.05) is 13.3 Å². The molecule has 1 aromatic rings. The molecular weight excluding hydrogens is 306 g/mol. The molecule has 0 aliphatic heterocycles. The Hall–Kier alpha value is -1.95. The summed E-state index contributed by atoms with van der Waals surface area (Å²) in [6.45, 7) is 9.56. The van der Waals surface area contributed by atoms with E-state index in [1.165, 1.54) is 0 Å². The Balaban J connectivity index is 2.64. The quantitative estimate of drug-likeness (QED) is 0.368. The second-order valence-corrected chi connectivity index (χ2v) is 5.15. The maximum atomic E-state index is 5.60. The first-order valence-corrected chi connectivity index (χ1v) is 8.69. The first-order chi connectivity index (χ1) is 11.7. The molecule has 1 aromatic carbocycles. The zero-order valence-corrected chi connectivity index (χ0v) is 15.4. The highest BCUT2D eigenvalue weighted by molar-refractivity contribution is 5.93. The maximum absolute atomic E-state index is 5.60. The van der Waals surface area contributed by atoms with Crippen LogP contribution in [0.25, 0.3) is 0 Å². The van der Waals surface area contributed by atoms with Gasteiger partial charge in [0.2, 0.25) is 0 Å². The van der Waals surface area contributed by atoms with Crippen LogP contribution < -0.4 is 20.1 Å². The summed E-state index contributed by atoms with van der Waals surface area (Å²) in [7, 11) is 1.63. The number of rotatable bonds is 11. The van der Waals surface area contributed by atoms with Gasteiger partial charge in [0.05, 0.1) is 26.9 Å². The summed E-state index contributed by atoms with van der Waals surface area (Å²) in [5.41, 5.74) is 0.894. The minimum atomic E-state index is 0.586. The van der Waals surface area contributed by atoms with Crippen molar-refractivity contribution in [1.29, 1.82) is 0 Å². The van der Waals surface area contributed by atoms with E-state index in [1.807, 2.05) is 32.0 Å². The maximum Gasteiger partial charge on any atom is 0.195 e. The number of hydrogen-bond acceptors (Lipinski definition) is 4. The monoisotopic (exact) mass is 337 g/mol. The number of benzene rings is 1. The molecule has 6 heteroatoms. The van der Waals surface area contributed by atoms with Gasteiger partial charge in [-0.25, -0.2) is 0 Å². The van der Waals surface area contributed by atoms with Crippen LogP contribution in [0.4, 0.5) is 5.69 Å². The van der Waals surface area contributed by atoms with Crippen LogP contribution in [0.2, 0.25) is 0 Å². The molecular formula is C18H31N3O3. The molecule has 0 fully saturated rings. The van der Waals surface area contributed by atoms with Crippen LogP contribution in [-0.4, -0.2) is 46.0 Å². The van der Waals surface area contributed by atoms with Crippen molar-refractivity contribution in [2.24, 2.45) is 4.99 Å². The van der Waals surface area contributed by atoms with Gasteiger partial charge in [-0.2, -0.15) is 0 Å². The van der Waals surface area contributed by atoms with Gasteiger partial charge in [-0.3, -0.25) is 4.99 Å². The molecule has 0 unspecified atom stereocenters. The molecule has 1 rings (SSSR count). The van der Waals surface area contributed by atoms with Crippen molar-refractivity contribution in [2.75, 3.05) is 45.3 Å². The topological polar surface area (TPSA) is 64.1 Å². The van der Waals surface area contributed by atoms with Gasteiger partial charge in [0, 0.05) is 24.9 Å². The highest BCUT2D eigenvalue weighted by Gasteiger charge is 2.06. The van der Waals surface area contributed by atoms with Crippen molar-refractivity contribution in [2.45, 2.75) is 33.6 Å². The summed E-state index contributed by atoms with van der Waals surface area (Å²) in [6.07, 6.45) is 2.24. The van der Waals surface area contributed by atoms with E-state index in [0.29, 0.717) is 31.3 Å². The minimum Gasteiger partial charge on any atom is -0.493 e. The number of methoxy groups -OCH3 is 1. The van der Waals surface area contributed by atoms with Gasteiger partial charge in [0.1, 0.15) is 0 Å². The van der Waals surface area contributed by atoms with Gasteiger partial charge in [0.25, 0.3) is 0 Å². The molecule has 0 radical (unpaired) electrons. The fraction of sp³-hybridized carbons (Fsp3) is 0.611. The lowest BCUT2D eigenvalue weighted by Crippen LogP contribution is -2.31. The largest absolute Gasteiger partial charge is 0.493 e. The smallest absolute Gasteiger partial charge is 0.195 e. The lowest BCUT2D eigenvalue weighted by Gasteiger charge is -2.14. The third-order valence-corrected chi connectivity index (χ3v) is 3.22. The van der Waals surface area contributed by atoms with Gasteiger partial charge >= 0.3 is 0 Å². The Morgan fingerprint density at radius 1 is 1.12 bits per heavy atom. The zero-order valence-electron chi connectivity index (χ0n) is 15.4. The molecule has 0 heterocycles. The van der Waals surface area contributed by atoms with Crippen molar-refractivity contribution in [3.05, 3.63) is 18.2 Å². The second-order valence-electron chi connectivity index (χ2n) is 5.15. The summed E-state index contributed by atoms with van der Waals surface area (Å²) in [5, 5.41) is 6.50. The van der Waals surface area contributed by atoms with Crippen molar-refractivity contribution in [3.8, 4) is 11.5 Å². The summed E-state index contributed by atoms with van der Waals surface area (Å²) in [4.78, 5) is 4.52. The van der Waals surface area contributed by atoms with Crippen molar-refractivity contribution in [1.82, 2.24) is 5.32 Å². The number of anilines is 1. The number of nitrogens with zero attached hydrogens (tertiary/aromatic N) is 1. The number of hydrogen-bond donors (Lipinski definition) is 2. The highest BCUT2D eigenvalue weighted by Crippen LogP contribution is 2.30. The van der Waals surface area contributed by atoms with Gasteiger partial charge in [-0.05, 0) is 32.4 Å². The van der Waals surface area contributed by atoms with E-state index >= 15 is 0 Å². The molecule has 136 valence electrons. The van der Waals surface area contributed by atoms with Crippen molar-refractivity contribution >= 4 is 11.6 Å². The Labute approximate surface area is 145 Å². The van der Waals surface area contributed by atoms with Gasteiger partial charge in [-0.15, -0.1) is 0 Å². The Morgan fingerprint density at radius 3 is 2.62 bits per heavy atom. The average Bonchev–Trinajstić information content (AvgIpc) is 2.58. The van der Waals surface area contributed by atoms with Gasteiger partial charge < -0.3 is 24.8 Å². The van der Waals surface area contributed by atoms with E-state index in [0.717, 1.165) is 37.6 Å². The summed E-state index contributed by atoms with van der Waals surface area (Å²) in [5.74, 6) is 2.15. The molecule has 24 heavy (non-hydrogen) atoms. The van der Waals surface area contributed by atoms with E-state index in [4.69, 9.17) is 14.2 Å². The van der Waals surface area contributed by atoms with Crippen LogP contribution in [0.5, 0.6) is 11.5 Å². The van der Waals surface area contributed by atoms with E-state index in [2.05, 4.69) is 22.5 Å². The van der Waals surface area contributed by atoms with Crippen LogP contribution in [0, 0.1) is 0 Å². The summed E-state index contributed by atoms with van der Waals surface area (Å²) in [6, 6.07) is 5.73. The lowest BCUT2D eigenvalue weighted by molar-refractivity contribution is 0.139. The number of aliphatic imine (C=N–C) groups is 1. The number of nitrogens with one attached hydrogen (secondary N) is 2. The highest BCUT2D eigenvalue weighted by atomic mass is 16.5. The molecule has 0 bridgehead atoms. The zero-order chi connectivity index (χ0) is 17.6. The Morgan fingerprint density at radius 2 is 1.96 bits per heavy atom. The van der Waals surface area contributed by atoms with Crippen molar-refractivity contribution < 1.29 is 14.2 Å². The standard InChI is InChI=1S/C18H31N3O3/c1-5-8-12-23-13-11-20-18(19-6-2)21-15-9-10-16(22-4)17(14-15)24-7-3/h9-10,14H,5-8,11-13H2,1-4H3,(H2,19,20,21). The second kappa shape index (κ2) is 12.5. The summed E-state index contributed by atoms with van der Waals surface area (Å²) < 4.78 is 16.4. The fourth-order valence-corrected chi connectivity index (χ4v) is 2.04. The number of ether oxygens (including phenoxy) is 3. The summed E-state index contributed by atoms with van der Waals surface area (Å²) >= 11 is 0. The Bertz CT molecular complexity index is 492. The Kier molecular flexibility index (Phi) is 10.4. The molecule has 0 saturated heterocycles. The number of guanidine groups is 1. The minimum absolute atomic E-state index is 0.586. The molecule has 0 aliphatic carbocycles. The molecule has 0 amide bonds. The molecule has 2 N–H and O–H groups in total.